The first-order valence-electron chi connectivity index (χ1n) is 7.48. The molecular weight excluding hydrogens is 252 g/mol. The van der Waals surface area contributed by atoms with Crippen molar-refractivity contribution in [1.82, 2.24) is 29.5 Å². The number of hydrogen-bond acceptors (Lipinski definition) is 4. The van der Waals surface area contributed by atoms with Crippen LogP contribution in [0.4, 0.5) is 0 Å². The zero-order valence-electron chi connectivity index (χ0n) is 11.4. The molecule has 0 spiro atoms. The minimum Gasteiger partial charge on any atom is -0.314 e. The fourth-order valence-corrected chi connectivity index (χ4v) is 5.66. The summed E-state index contributed by atoms with van der Waals surface area (Å²) in [6, 6.07) is 0. The highest BCUT2D eigenvalue weighted by Crippen LogP contribution is 2.62. The van der Waals surface area contributed by atoms with Crippen LogP contribution in [0.25, 0.3) is 0 Å². The van der Waals surface area contributed by atoms with E-state index in [-0.39, 0.29) is 11.1 Å². The Hall–Kier alpha value is -1.72. The second-order valence-electron chi connectivity index (χ2n) is 7.15. The van der Waals surface area contributed by atoms with Crippen LogP contribution >= 0.6 is 0 Å². The maximum Gasteiger partial charge on any atom is 0.119 e. The molecule has 104 valence electrons. The van der Waals surface area contributed by atoms with Gasteiger partial charge in [0.25, 0.3) is 0 Å². The molecule has 2 aromatic heterocycles. The molecule has 20 heavy (non-hydrogen) atoms. The predicted molar refractivity (Wildman–Crippen MR) is 70.7 cm³/mol. The van der Waals surface area contributed by atoms with Crippen molar-refractivity contribution in [2.75, 3.05) is 0 Å². The molecule has 4 bridgehead atoms. The second-order valence-corrected chi connectivity index (χ2v) is 7.15. The van der Waals surface area contributed by atoms with Gasteiger partial charge in [0.05, 0.1) is 0 Å². The summed E-state index contributed by atoms with van der Waals surface area (Å²) in [5.41, 5.74) is 0.440. The Balaban J connectivity index is 1.64. The zero-order valence-corrected chi connectivity index (χ0v) is 11.4. The Morgan fingerprint density at radius 1 is 0.700 bits per heavy atom. The summed E-state index contributed by atoms with van der Waals surface area (Å²) in [6.45, 7) is 0. The fraction of sp³-hybridized carbons (Fsp3) is 0.714. The van der Waals surface area contributed by atoms with Crippen LogP contribution in [0.15, 0.2) is 25.3 Å². The molecule has 2 heterocycles. The molecule has 0 saturated heterocycles. The summed E-state index contributed by atoms with van der Waals surface area (Å²) in [5, 5.41) is 16.2. The molecule has 6 nitrogen and oxygen atoms in total. The van der Waals surface area contributed by atoms with E-state index in [9.17, 15) is 0 Å². The number of aromatic nitrogens is 6. The molecule has 0 amide bonds. The monoisotopic (exact) mass is 270 g/mol. The van der Waals surface area contributed by atoms with Crippen molar-refractivity contribution < 1.29 is 0 Å². The van der Waals surface area contributed by atoms with Gasteiger partial charge in [-0.05, 0) is 50.4 Å². The van der Waals surface area contributed by atoms with Gasteiger partial charge in [0, 0.05) is 11.1 Å². The van der Waals surface area contributed by atoms with Gasteiger partial charge in [-0.15, -0.1) is 20.4 Å². The highest BCUT2D eigenvalue weighted by Gasteiger charge is 2.59. The molecule has 0 atom stereocenters. The first-order valence-corrected chi connectivity index (χ1v) is 7.48. The van der Waals surface area contributed by atoms with Crippen molar-refractivity contribution in [2.24, 2.45) is 11.8 Å². The average molecular weight is 270 g/mol. The lowest BCUT2D eigenvalue weighted by Crippen LogP contribution is -2.59. The fourth-order valence-electron chi connectivity index (χ4n) is 5.66. The van der Waals surface area contributed by atoms with Gasteiger partial charge >= 0.3 is 0 Å². The molecule has 0 N–H and O–H groups in total. The summed E-state index contributed by atoms with van der Waals surface area (Å²) in [5.74, 6) is 1.64. The smallest absolute Gasteiger partial charge is 0.119 e. The van der Waals surface area contributed by atoms with Gasteiger partial charge in [0.2, 0.25) is 0 Å². The summed E-state index contributed by atoms with van der Waals surface area (Å²) >= 11 is 0. The van der Waals surface area contributed by atoms with Gasteiger partial charge < -0.3 is 9.13 Å². The van der Waals surface area contributed by atoms with Crippen LogP contribution in [0, 0.1) is 11.8 Å². The van der Waals surface area contributed by atoms with E-state index in [2.05, 4.69) is 29.5 Å². The first-order chi connectivity index (χ1) is 9.78. The quantitative estimate of drug-likeness (QED) is 0.831. The van der Waals surface area contributed by atoms with Crippen LogP contribution in [0.1, 0.15) is 38.5 Å². The summed E-state index contributed by atoms with van der Waals surface area (Å²) in [6.07, 6.45) is 15.3. The summed E-state index contributed by atoms with van der Waals surface area (Å²) in [7, 11) is 0. The third-order valence-electron chi connectivity index (χ3n) is 5.93. The van der Waals surface area contributed by atoms with Crippen molar-refractivity contribution >= 4 is 0 Å². The lowest BCUT2D eigenvalue weighted by molar-refractivity contribution is -0.0929. The molecule has 4 saturated carbocycles. The minimum atomic E-state index is 0.220. The Kier molecular flexibility index (Phi) is 1.91. The van der Waals surface area contributed by atoms with E-state index in [0.717, 1.165) is 11.8 Å². The van der Waals surface area contributed by atoms with Crippen molar-refractivity contribution in [1.29, 1.82) is 0 Å². The molecule has 6 heteroatoms. The molecule has 0 radical (unpaired) electrons. The topological polar surface area (TPSA) is 61.4 Å². The molecule has 2 aromatic rings. The van der Waals surface area contributed by atoms with Gasteiger partial charge in [0.15, 0.2) is 0 Å². The minimum absolute atomic E-state index is 0.220. The first kappa shape index (κ1) is 11.0. The Labute approximate surface area is 117 Å². The molecule has 0 unspecified atom stereocenters. The van der Waals surface area contributed by atoms with Crippen molar-refractivity contribution in [2.45, 2.75) is 49.6 Å². The molecule has 4 fully saturated rings. The largest absolute Gasteiger partial charge is 0.314 e. The van der Waals surface area contributed by atoms with Gasteiger partial charge in [-0.25, -0.2) is 0 Å². The maximum atomic E-state index is 4.05. The SMILES string of the molecule is c1nncn1C12CC3CC(C1)CC(n1cnnc1)(C3)C2. The van der Waals surface area contributed by atoms with Crippen LogP contribution in [0.2, 0.25) is 0 Å². The Bertz CT molecular complexity index is 550. The van der Waals surface area contributed by atoms with E-state index in [1.165, 1.54) is 38.5 Å². The van der Waals surface area contributed by atoms with Crippen molar-refractivity contribution in [3.8, 4) is 0 Å². The van der Waals surface area contributed by atoms with Crippen LogP contribution in [0.5, 0.6) is 0 Å². The van der Waals surface area contributed by atoms with E-state index < -0.39 is 0 Å². The van der Waals surface area contributed by atoms with E-state index in [1.54, 1.807) is 0 Å². The van der Waals surface area contributed by atoms with Gasteiger partial charge in [0.1, 0.15) is 25.3 Å². The Morgan fingerprint density at radius 3 is 1.50 bits per heavy atom. The van der Waals surface area contributed by atoms with Gasteiger partial charge in [-0.1, -0.05) is 0 Å². The number of rotatable bonds is 2. The van der Waals surface area contributed by atoms with Crippen LogP contribution < -0.4 is 0 Å². The summed E-state index contributed by atoms with van der Waals surface area (Å²) in [4.78, 5) is 0. The maximum absolute atomic E-state index is 4.05. The van der Waals surface area contributed by atoms with Crippen LogP contribution in [-0.4, -0.2) is 29.5 Å². The van der Waals surface area contributed by atoms with Crippen LogP contribution in [0.3, 0.4) is 0 Å². The highest BCUT2D eigenvalue weighted by molar-refractivity contribution is 5.13. The van der Waals surface area contributed by atoms with Crippen LogP contribution in [-0.2, 0) is 11.1 Å². The number of nitrogens with zero attached hydrogens (tertiary/aromatic N) is 6. The molecule has 0 aliphatic heterocycles. The molecule has 4 aliphatic rings. The van der Waals surface area contributed by atoms with Crippen molar-refractivity contribution in [3.05, 3.63) is 25.3 Å². The standard InChI is InChI=1S/C14H18N6/c1-11-2-13(19-7-15-16-8-19)4-12(1)5-14(3-11,6-13)20-9-17-18-10-20/h7-12H,1-6H2. The van der Waals surface area contributed by atoms with Gasteiger partial charge in [-0.3, -0.25) is 0 Å². The predicted octanol–water partition coefficient (Wildman–Crippen LogP) is 1.57. The molecule has 4 aliphatic carbocycles. The third kappa shape index (κ3) is 1.29. The average Bonchev–Trinajstić information content (AvgIpc) is 3.12. The Morgan fingerprint density at radius 2 is 1.10 bits per heavy atom. The molecule has 6 rings (SSSR count). The van der Waals surface area contributed by atoms with E-state index in [1.807, 2.05) is 25.3 Å². The van der Waals surface area contributed by atoms with E-state index >= 15 is 0 Å². The third-order valence-corrected chi connectivity index (χ3v) is 5.93. The van der Waals surface area contributed by atoms with Gasteiger partial charge in [-0.2, -0.15) is 0 Å². The van der Waals surface area contributed by atoms with E-state index in [4.69, 9.17) is 0 Å². The zero-order chi connectivity index (χ0) is 13.2. The van der Waals surface area contributed by atoms with E-state index in [0.29, 0.717) is 0 Å². The lowest BCUT2D eigenvalue weighted by atomic mass is 9.49. The summed E-state index contributed by atoms with van der Waals surface area (Å²) < 4.78 is 4.56. The number of hydrogen-bond donors (Lipinski definition) is 0. The highest BCUT2D eigenvalue weighted by atomic mass is 15.3. The normalized spacial score (nSPS) is 42.2. The molecular formula is C14H18N6. The second kappa shape index (κ2) is 3.48. The lowest BCUT2D eigenvalue weighted by Gasteiger charge is -2.62. The van der Waals surface area contributed by atoms with Crippen molar-refractivity contribution in [3.63, 3.8) is 0 Å². The molecule has 0 aromatic carbocycles.